The Bertz CT molecular complexity index is 648. The molecule has 2 aliphatic rings. The number of amides is 1. The smallest absolute Gasteiger partial charge is 0.337 e. The minimum atomic E-state index is -0.792. The summed E-state index contributed by atoms with van der Waals surface area (Å²) in [4.78, 5) is 24.1. The first kappa shape index (κ1) is 13.2. The fourth-order valence-corrected chi connectivity index (χ4v) is 2.98. The van der Waals surface area contributed by atoms with Crippen molar-refractivity contribution in [1.82, 2.24) is 5.32 Å². The second-order valence-corrected chi connectivity index (χ2v) is 5.98. The van der Waals surface area contributed by atoms with E-state index in [0.29, 0.717) is 16.3 Å². The average Bonchev–Trinajstić information content (AvgIpc) is 2.59. The summed E-state index contributed by atoms with van der Waals surface area (Å²) in [6.45, 7) is 3.54. The van der Waals surface area contributed by atoms with Crippen molar-refractivity contribution >= 4 is 23.5 Å². The van der Waals surface area contributed by atoms with E-state index in [2.05, 4.69) is 5.32 Å². The van der Waals surface area contributed by atoms with Gasteiger partial charge in [-0.25, -0.2) is 4.79 Å². The third-order valence-corrected chi connectivity index (χ3v) is 3.93. The molecule has 1 aromatic rings. The van der Waals surface area contributed by atoms with E-state index in [1.165, 1.54) is 0 Å². The molecule has 104 valence electrons. The van der Waals surface area contributed by atoms with Crippen molar-refractivity contribution in [3.05, 3.63) is 46.1 Å². The summed E-state index contributed by atoms with van der Waals surface area (Å²) < 4.78 is 5.37. The van der Waals surface area contributed by atoms with E-state index in [-0.39, 0.29) is 24.2 Å². The highest BCUT2D eigenvalue weighted by Crippen LogP contribution is 2.42. The molecule has 2 aliphatic heterocycles. The molecule has 0 spiro atoms. The van der Waals surface area contributed by atoms with Gasteiger partial charge in [-0.3, -0.25) is 4.79 Å². The van der Waals surface area contributed by atoms with Gasteiger partial charge in [0.2, 0.25) is 5.91 Å². The molecule has 0 aliphatic carbocycles. The number of halogens is 1. The number of rotatable bonds is 1. The van der Waals surface area contributed by atoms with Gasteiger partial charge in [-0.05, 0) is 31.5 Å². The van der Waals surface area contributed by atoms with Gasteiger partial charge in [0.1, 0.15) is 5.60 Å². The van der Waals surface area contributed by atoms with E-state index in [1.54, 1.807) is 26.0 Å². The number of hydrogen-bond acceptors (Lipinski definition) is 3. The van der Waals surface area contributed by atoms with Crippen molar-refractivity contribution in [1.29, 1.82) is 0 Å². The number of carbonyl (C=O) groups is 2. The van der Waals surface area contributed by atoms with E-state index < -0.39 is 5.60 Å². The molecule has 1 unspecified atom stereocenters. The lowest BCUT2D eigenvalue weighted by Gasteiger charge is -2.27. The van der Waals surface area contributed by atoms with Gasteiger partial charge >= 0.3 is 5.97 Å². The molecule has 0 saturated heterocycles. The van der Waals surface area contributed by atoms with E-state index in [0.717, 1.165) is 5.56 Å². The largest absolute Gasteiger partial charge is 0.450 e. The minimum absolute atomic E-state index is 0.111. The first-order valence-corrected chi connectivity index (χ1v) is 6.79. The molecule has 1 amide bonds. The van der Waals surface area contributed by atoms with Crippen molar-refractivity contribution in [3.8, 4) is 0 Å². The molecule has 1 N–H and O–H groups in total. The van der Waals surface area contributed by atoms with E-state index >= 15 is 0 Å². The summed E-state index contributed by atoms with van der Waals surface area (Å²) in [6, 6.07) is 7.24. The van der Waals surface area contributed by atoms with Crippen molar-refractivity contribution in [2.75, 3.05) is 0 Å². The van der Waals surface area contributed by atoms with E-state index in [4.69, 9.17) is 16.3 Å². The summed E-state index contributed by atoms with van der Waals surface area (Å²) in [7, 11) is 0. The number of carbonyl (C=O) groups excluding carboxylic acids is 2. The Balaban J connectivity index is 2.13. The SMILES string of the molecule is CC1(C)OC(=O)C2=C1NC(=O)CC2c1cccc(Cl)c1. The van der Waals surface area contributed by atoms with E-state index in [1.807, 2.05) is 12.1 Å². The standard InChI is InChI=1S/C15H14ClNO3/c1-15(2)13-12(14(19)20-15)10(7-11(18)17-13)8-4-3-5-9(16)6-8/h3-6,10H,7H2,1-2H3,(H,17,18). The molecule has 0 fully saturated rings. The third-order valence-electron chi connectivity index (χ3n) is 3.69. The molecule has 5 heteroatoms. The lowest BCUT2D eigenvalue weighted by atomic mass is 9.83. The Hall–Kier alpha value is -1.81. The zero-order valence-electron chi connectivity index (χ0n) is 11.2. The predicted molar refractivity (Wildman–Crippen MR) is 74.1 cm³/mol. The maximum absolute atomic E-state index is 12.1. The Morgan fingerprint density at radius 2 is 2.10 bits per heavy atom. The zero-order chi connectivity index (χ0) is 14.5. The van der Waals surface area contributed by atoms with Gasteiger partial charge in [-0.2, -0.15) is 0 Å². The summed E-state index contributed by atoms with van der Waals surface area (Å²) in [5.41, 5.74) is 1.18. The van der Waals surface area contributed by atoms with Crippen LogP contribution in [0.25, 0.3) is 0 Å². The van der Waals surface area contributed by atoms with Crippen molar-refractivity contribution < 1.29 is 14.3 Å². The Labute approximate surface area is 121 Å². The van der Waals surface area contributed by atoms with Crippen LogP contribution in [-0.2, 0) is 14.3 Å². The number of esters is 1. The molecule has 2 heterocycles. The zero-order valence-corrected chi connectivity index (χ0v) is 12.0. The van der Waals surface area contributed by atoms with Crippen LogP contribution >= 0.6 is 11.6 Å². The Morgan fingerprint density at radius 3 is 2.80 bits per heavy atom. The number of nitrogens with one attached hydrogen (secondary N) is 1. The summed E-state index contributed by atoms with van der Waals surface area (Å²) in [5.74, 6) is -0.776. The van der Waals surface area contributed by atoms with Crippen LogP contribution in [0.15, 0.2) is 35.5 Å². The predicted octanol–water partition coefficient (Wildman–Crippen LogP) is 2.53. The highest BCUT2D eigenvalue weighted by atomic mass is 35.5. The second kappa shape index (κ2) is 4.35. The lowest BCUT2D eigenvalue weighted by Crippen LogP contribution is -2.38. The summed E-state index contributed by atoms with van der Waals surface area (Å²) in [5, 5.41) is 3.36. The van der Waals surface area contributed by atoms with Crippen LogP contribution in [0.1, 0.15) is 31.7 Å². The topological polar surface area (TPSA) is 55.4 Å². The second-order valence-electron chi connectivity index (χ2n) is 5.55. The lowest BCUT2D eigenvalue weighted by molar-refractivity contribution is -0.144. The molecule has 1 aromatic carbocycles. The summed E-state index contributed by atoms with van der Waals surface area (Å²) >= 11 is 6.00. The number of benzene rings is 1. The fraction of sp³-hybridized carbons (Fsp3) is 0.333. The molecule has 3 rings (SSSR count). The molecule has 4 nitrogen and oxygen atoms in total. The quantitative estimate of drug-likeness (QED) is 0.809. The van der Waals surface area contributed by atoms with Gasteiger partial charge in [0.25, 0.3) is 0 Å². The van der Waals surface area contributed by atoms with Gasteiger partial charge < -0.3 is 10.1 Å². The highest BCUT2D eigenvalue weighted by molar-refractivity contribution is 6.30. The molecular weight excluding hydrogens is 278 g/mol. The van der Waals surface area contributed by atoms with Crippen molar-refractivity contribution in [2.24, 2.45) is 0 Å². The first-order chi connectivity index (χ1) is 9.38. The molecule has 0 radical (unpaired) electrons. The van der Waals surface area contributed by atoms with Crippen LogP contribution in [0.2, 0.25) is 5.02 Å². The van der Waals surface area contributed by atoms with Crippen LogP contribution in [0.3, 0.4) is 0 Å². The molecule has 0 saturated carbocycles. The minimum Gasteiger partial charge on any atom is -0.450 e. The van der Waals surface area contributed by atoms with Gasteiger partial charge in [0, 0.05) is 17.4 Å². The van der Waals surface area contributed by atoms with Crippen LogP contribution in [0.5, 0.6) is 0 Å². The fourth-order valence-electron chi connectivity index (χ4n) is 2.78. The molecule has 20 heavy (non-hydrogen) atoms. The molecular formula is C15H14ClNO3. The number of ether oxygens (including phenoxy) is 1. The Kier molecular flexibility index (Phi) is 2.87. The van der Waals surface area contributed by atoms with Gasteiger partial charge in [-0.1, -0.05) is 23.7 Å². The molecule has 1 atom stereocenters. The maximum Gasteiger partial charge on any atom is 0.337 e. The molecule has 0 aromatic heterocycles. The maximum atomic E-state index is 12.1. The Morgan fingerprint density at radius 1 is 1.35 bits per heavy atom. The normalized spacial score (nSPS) is 24.2. The average molecular weight is 292 g/mol. The van der Waals surface area contributed by atoms with Crippen molar-refractivity contribution in [2.45, 2.75) is 31.8 Å². The number of hydrogen-bond donors (Lipinski definition) is 1. The number of cyclic esters (lactones) is 1. The van der Waals surface area contributed by atoms with E-state index in [9.17, 15) is 9.59 Å². The molecule has 0 bridgehead atoms. The van der Waals surface area contributed by atoms with Gasteiger partial charge in [0.05, 0.1) is 11.3 Å². The highest BCUT2D eigenvalue weighted by Gasteiger charge is 2.47. The monoisotopic (exact) mass is 291 g/mol. The van der Waals surface area contributed by atoms with Crippen LogP contribution < -0.4 is 5.32 Å². The van der Waals surface area contributed by atoms with Gasteiger partial charge in [-0.15, -0.1) is 0 Å². The van der Waals surface area contributed by atoms with Crippen LogP contribution in [0.4, 0.5) is 0 Å². The van der Waals surface area contributed by atoms with Gasteiger partial charge in [0.15, 0.2) is 0 Å². The van der Waals surface area contributed by atoms with Crippen LogP contribution in [-0.4, -0.2) is 17.5 Å². The van der Waals surface area contributed by atoms with Crippen LogP contribution in [0, 0.1) is 0 Å². The summed E-state index contributed by atoms with van der Waals surface area (Å²) in [6.07, 6.45) is 0.227. The third kappa shape index (κ3) is 2.00. The van der Waals surface area contributed by atoms with Crippen molar-refractivity contribution in [3.63, 3.8) is 0 Å². The first-order valence-electron chi connectivity index (χ1n) is 6.42.